The third-order valence-electron chi connectivity index (χ3n) is 4.41. The second-order valence-electron chi connectivity index (χ2n) is 6.31. The molecule has 2 N–H and O–H groups in total. The molecule has 2 rings (SSSR count). The number of methoxy groups -OCH3 is 1. The highest BCUT2D eigenvalue weighted by Gasteiger charge is 2.33. The standard InChI is InChI=1S/C20H27F3N4O2.HI/c1-5-17-15(18(6-2)29-27-17)12-26-19(24-7-3)25-11-13-8-9-14(28-4)10-16(13)20(21,22)23;/h8-10H,5-7,11-12H2,1-4H3,(H2,24,25,26);1H. The van der Waals surface area contributed by atoms with Crippen LogP contribution in [0.4, 0.5) is 13.2 Å². The van der Waals surface area contributed by atoms with Crippen LogP contribution in [0.2, 0.25) is 0 Å². The van der Waals surface area contributed by atoms with Crippen LogP contribution in [0.1, 0.15) is 48.9 Å². The molecule has 0 aliphatic rings. The summed E-state index contributed by atoms with van der Waals surface area (Å²) in [5.74, 6) is 1.36. The van der Waals surface area contributed by atoms with E-state index in [1.165, 1.54) is 19.2 Å². The van der Waals surface area contributed by atoms with Gasteiger partial charge >= 0.3 is 6.18 Å². The fourth-order valence-corrected chi connectivity index (χ4v) is 2.90. The zero-order valence-electron chi connectivity index (χ0n) is 17.5. The van der Waals surface area contributed by atoms with Crippen molar-refractivity contribution in [1.82, 2.24) is 15.8 Å². The molecular weight excluding hydrogens is 512 g/mol. The first-order chi connectivity index (χ1) is 13.8. The number of aliphatic imine (C=N–C) groups is 1. The lowest BCUT2D eigenvalue weighted by molar-refractivity contribution is -0.138. The minimum atomic E-state index is -4.49. The molecule has 0 atom stereocenters. The lowest BCUT2D eigenvalue weighted by atomic mass is 10.1. The van der Waals surface area contributed by atoms with Crippen molar-refractivity contribution in [1.29, 1.82) is 0 Å². The topological polar surface area (TPSA) is 71.7 Å². The first-order valence-corrected chi connectivity index (χ1v) is 9.56. The van der Waals surface area contributed by atoms with Crippen LogP contribution in [0.15, 0.2) is 27.7 Å². The molecule has 0 spiro atoms. The van der Waals surface area contributed by atoms with Gasteiger partial charge in [-0.2, -0.15) is 13.2 Å². The van der Waals surface area contributed by atoms with E-state index in [-0.39, 0.29) is 41.8 Å². The SMILES string of the molecule is CCNC(=NCc1ccc(OC)cc1C(F)(F)F)NCc1c(CC)noc1CC.I. The summed E-state index contributed by atoms with van der Waals surface area (Å²) in [6, 6.07) is 3.88. The van der Waals surface area contributed by atoms with Gasteiger partial charge in [-0.05, 0) is 31.0 Å². The van der Waals surface area contributed by atoms with Crippen molar-refractivity contribution < 1.29 is 22.4 Å². The van der Waals surface area contributed by atoms with Crippen molar-refractivity contribution in [2.75, 3.05) is 13.7 Å². The quantitative estimate of drug-likeness (QED) is 0.289. The molecule has 0 unspecified atom stereocenters. The van der Waals surface area contributed by atoms with Crippen LogP contribution < -0.4 is 15.4 Å². The molecule has 10 heteroatoms. The Kier molecular flexibility index (Phi) is 10.4. The maximum Gasteiger partial charge on any atom is 0.416 e. The van der Waals surface area contributed by atoms with Gasteiger partial charge in [-0.15, -0.1) is 24.0 Å². The molecule has 0 radical (unpaired) electrons. The van der Waals surface area contributed by atoms with Crippen molar-refractivity contribution in [2.45, 2.75) is 52.9 Å². The monoisotopic (exact) mass is 540 g/mol. The summed E-state index contributed by atoms with van der Waals surface area (Å²) in [5, 5.41) is 10.3. The van der Waals surface area contributed by atoms with Gasteiger partial charge in [-0.25, -0.2) is 4.99 Å². The average molecular weight is 540 g/mol. The number of benzene rings is 1. The van der Waals surface area contributed by atoms with Gasteiger partial charge in [0.1, 0.15) is 11.5 Å². The Morgan fingerprint density at radius 3 is 2.47 bits per heavy atom. The summed E-state index contributed by atoms with van der Waals surface area (Å²) < 4.78 is 50.4. The van der Waals surface area contributed by atoms with E-state index in [2.05, 4.69) is 20.8 Å². The van der Waals surface area contributed by atoms with Crippen LogP contribution >= 0.6 is 24.0 Å². The van der Waals surface area contributed by atoms with Crippen LogP contribution in [0, 0.1) is 0 Å². The van der Waals surface area contributed by atoms with E-state index in [0.29, 0.717) is 25.5 Å². The highest BCUT2D eigenvalue weighted by Crippen LogP contribution is 2.34. The molecule has 0 aliphatic heterocycles. The highest BCUT2D eigenvalue weighted by molar-refractivity contribution is 14.0. The highest BCUT2D eigenvalue weighted by atomic mass is 127. The molecule has 0 fully saturated rings. The number of hydrogen-bond donors (Lipinski definition) is 2. The van der Waals surface area contributed by atoms with Gasteiger partial charge in [0.2, 0.25) is 0 Å². The molecule has 0 saturated carbocycles. The van der Waals surface area contributed by atoms with Crippen molar-refractivity contribution in [3.63, 3.8) is 0 Å². The van der Waals surface area contributed by atoms with Crippen LogP contribution in [-0.2, 0) is 32.1 Å². The largest absolute Gasteiger partial charge is 0.497 e. The van der Waals surface area contributed by atoms with Crippen LogP contribution in [0.25, 0.3) is 0 Å². The van der Waals surface area contributed by atoms with Gasteiger partial charge in [0.25, 0.3) is 0 Å². The number of guanidine groups is 1. The number of hydrogen-bond acceptors (Lipinski definition) is 4. The second kappa shape index (κ2) is 12.0. The Bertz CT molecular complexity index is 816. The number of aromatic nitrogens is 1. The van der Waals surface area contributed by atoms with E-state index in [9.17, 15) is 13.2 Å². The van der Waals surface area contributed by atoms with E-state index in [1.807, 2.05) is 20.8 Å². The normalized spacial score (nSPS) is 11.8. The molecule has 6 nitrogen and oxygen atoms in total. The molecule has 1 heterocycles. The summed E-state index contributed by atoms with van der Waals surface area (Å²) in [6.45, 7) is 6.73. The van der Waals surface area contributed by atoms with Crippen molar-refractivity contribution in [2.24, 2.45) is 4.99 Å². The van der Waals surface area contributed by atoms with Crippen molar-refractivity contribution in [3.05, 3.63) is 46.3 Å². The van der Waals surface area contributed by atoms with Crippen LogP contribution in [0.5, 0.6) is 5.75 Å². The molecule has 1 aromatic heterocycles. The van der Waals surface area contributed by atoms with E-state index >= 15 is 0 Å². The first-order valence-electron chi connectivity index (χ1n) is 9.56. The number of alkyl halides is 3. The van der Waals surface area contributed by atoms with Gasteiger partial charge in [0.15, 0.2) is 5.96 Å². The van der Waals surface area contributed by atoms with Crippen molar-refractivity contribution >= 4 is 29.9 Å². The smallest absolute Gasteiger partial charge is 0.416 e. The summed E-state index contributed by atoms with van der Waals surface area (Å²) in [5.41, 5.74) is 1.14. The van der Waals surface area contributed by atoms with Gasteiger partial charge in [-0.3, -0.25) is 0 Å². The number of ether oxygens (including phenoxy) is 1. The zero-order valence-corrected chi connectivity index (χ0v) is 19.9. The van der Waals surface area contributed by atoms with E-state index < -0.39 is 11.7 Å². The Hall–Kier alpha value is -1.98. The fraction of sp³-hybridized carbons (Fsp3) is 0.500. The van der Waals surface area contributed by atoms with Gasteiger partial charge in [0.05, 0.1) is 24.9 Å². The molecule has 2 aromatic rings. The number of aryl methyl sites for hydroxylation is 2. The number of halogens is 4. The molecule has 0 aliphatic carbocycles. The molecule has 0 saturated heterocycles. The third-order valence-corrected chi connectivity index (χ3v) is 4.41. The fourth-order valence-electron chi connectivity index (χ4n) is 2.90. The lowest BCUT2D eigenvalue weighted by Crippen LogP contribution is -2.37. The predicted octanol–water partition coefficient (Wildman–Crippen LogP) is 4.70. The number of rotatable bonds is 8. The molecule has 168 valence electrons. The third kappa shape index (κ3) is 6.78. The molecule has 0 bridgehead atoms. The number of nitrogens with one attached hydrogen (secondary N) is 2. The van der Waals surface area contributed by atoms with E-state index in [0.717, 1.165) is 29.5 Å². The summed E-state index contributed by atoms with van der Waals surface area (Å²) in [6.07, 6.45) is -3.05. The average Bonchev–Trinajstić information content (AvgIpc) is 3.11. The van der Waals surface area contributed by atoms with Crippen molar-refractivity contribution in [3.8, 4) is 5.75 Å². The summed E-state index contributed by atoms with van der Waals surface area (Å²) in [4.78, 5) is 4.33. The van der Waals surface area contributed by atoms with Crippen LogP contribution in [0.3, 0.4) is 0 Å². The maximum atomic E-state index is 13.4. The first kappa shape index (κ1) is 26.1. The predicted molar refractivity (Wildman–Crippen MR) is 120 cm³/mol. The Balaban J connectivity index is 0.00000450. The molecular formula is C20H28F3IN4O2. The van der Waals surface area contributed by atoms with Gasteiger partial charge in [-0.1, -0.05) is 25.1 Å². The Morgan fingerprint density at radius 2 is 1.90 bits per heavy atom. The summed E-state index contributed by atoms with van der Waals surface area (Å²) >= 11 is 0. The zero-order chi connectivity index (χ0) is 21.4. The van der Waals surface area contributed by atoms with E-state index in [4.69, 9.17) is 9.26 Å². The summed E-state index contributed by atoms with van der Waals surface area (Å²) in [7, 11) is 1.33. The van der Waals surface area contributed by atoms with Crippen LogP contribution in [-0.4, -0.2) is 24.8 Å². The molecule has 30 heavy (non-hydrogen) atoms. The van der Waals surface area contributed by atoms with Gasteiger partial charge < -0.3 is 19.9 Å². The minimum absolute atomic E-state index is 0. The Labute approximate surface area is 191 Å². The van der Waals surface area contributed by atoms with Gasteiger partial charge in [0, 0.05) is 25.1 Å². The number of nitrogens with zero attached hydrogens (tertiary/aromatic N) is 2. The molecule has 1 aromatic carbocycles. The molecule has 0 amide bonds. The lowest BCUT2D eigenvalue weighted by Gasteiger charge is -2.15. The van der Waals surface area contributed by atoms with E-state index in [1.54, 1.807) is 0 Å². The maximum absolute atomic E-state index is 13.4. The minimum Gasteiger partial charge on any atom is -0.497 e. The Morgan fingerprint density at radius 1 is 1.17 bits per heavy atom. The second-order valence-corrected chi connectivity index (χ2v) is 6.31.